The van der Waals surface area contributed by atoms with E-state index in [1.165, 1.54) is 37.5 Å². The van der Waals surface area contributed by atoms with Gasteiger partial charge in [-0.15, -0.1) is 0 Å². The smallest absolute Gasteiger partial charge is 0.139 e. The number of nitrogens with one attached hydrogen (secondary N) is 2. The van der Waals surface area contributed by atoms with E-state index >= 15 is 0 Å². The van der Waals surface area contributed by atoms with Crippen molar-refractivity contribution in [2.24, 2.45) is 0 Å². The van der Waals surface area contributed by atoms with Crippen LogP contribution in [0.5, 0.6) is 0 Å². The second-order valence-corrected chi connectivity index (χ2v) is 4.59. The van der Waals surface area contributed by atoms with Gasteiger partial charge in [0.05, 0.1) is 0 Å². The molecular weight excluding hydrogens is 198 g/mol. The Morgan fingerprint density at radius 1 is 1.12 bits per heavy atom. The number of H-pyrrole nitrogens is 1. The lowest BCUT2D eigenvalue weighted by Crippen LogP contribution is -2.22. The molecule has 2 N–H and O–H groups in total. The first-order valence-corrected chi connectivity index (χ1v) is 6.12. The fourth-order valence-electron chi connectivity index (χ4n) is 2.47. The molecule has 0 saturated heterocycles. The highest BCUT2D eigenvalue weighted by atomic mass is 15.0. The number of pyridine rings is 1. The monoisotopic (exact) mass is 215 g/mol. The molecule has 1 aliphatic rings. The molecule has 2 heterocycles. The number of aromatic nitrogens is 2. The van der Waals surface area contributed by atoms with Crippen LogP contribution in [0.2, 0.25) is 0 Å². The van der Waals surface area contributed by atoms with Gasteiger partial charge in [0.15, 0.2) is 0 Å². The van der Waals surface area contributed by atoms with Gasteiger partial charge in [-0.1, -0.05) is 19.3 Å². The summed E-state index contributed by atoms with van der Waals surface area (Å²) in [6.07, 6.45) is 8.59. The molecule has 0 radical (unpaired) electrons. The predicted molar refractivity (Wildman–Crippen MR) is 66.6 cm³/mol. The van der Waals surface area contributed by atoms with Gasteiger partial charge in [-0.25, -0.2) is 4.98 Å². The summed E-state index contributed by atoms with van der Waals surface area (Å²) < 4.78 is 0. The van der Waals surface area contributed by atoms with Crippen molar-refractivity contribution in [3.05, 3.63) is 24.4 Å². The number of anilines is 1. The van der Waals surface area contributed by atoms with Gasteiger partial charge in [0.25, 0.3) is 0 Å². The number of rotatable bonds is 2. The van der Waals surface area contributed by atoms with Gasteiger partial charge in [0, 0.05) is 17.6 Å². The van der Waals surface area contributed by atoms with E-state index < -0.39 is 0 Å². The SMILES string of the molecule is c1cc2ccc(NC3CCCCC3)nc2[nH]1. The Hall–Kier alpha value is -1.51. The molecule has 0 bridgehead atoms. The standard InChI is InChI=1S/C13H17N3/c1-2-4-11(5-3-1)15-12-7-6-10-8-9-14-13(10)16-12/h6-9,11H,1-5H2,(H2,14,15,16). The zero-order chi connectivity index (χ0) is 10.8. The van der Waals surface area contributed by atoms with E-state index in [9.17, 15) is 0 Å². The highest BCUT2D eigenvalue weighted by Crippen LogP contribution is 2.21. The lowest BCUT2D eigenvalue weighted by Gasteiger charge is -2.23. The van der Waals surface area contributed by atoms with Gasteiger partial charge in [-0.2, -0.15) is 0 Å². The van der Waals surface area contributed by atoms with Crippen LogP contribution >= 0.6 is 0 Å². The number of hydrogen-bond acceptors (Lipinski definition) is 2. The molecule has 0 aliphatic heterocycles. The van der Waals surface area contributed by atoms with E-state index in [4.69, 9.17) is 0 Å². The summed E-state index contributed by atoms with van der Waals surface area (Å²) in [4.78, 5) is 7.71. The highest BCUT2D eigenvalue weighted by molar-refractivity contribution is 5.77. The van der Waals surface area contributed by atoms with Crippen molar-refractivity contribution in [2.75, 3.05) is 5.32 Å². The first-order valence-electron chi connectivity index (χ1n) is 6.12. The Bertz CT molecular complexity index is 469. The minimum absolute atomic E-state index is 0.619. The van der Waals surface area contributed by atoms with E-state index in [1.807, 2.05) is 12.3 Å². The lowest BCUT2D eigenvalue weighted by atomic mass is 9.95. The van der Waals surface area contributed by atoms with Crippen molar-refractivity contribution in [3.8, 4) is 0 Å². The molecule has 1 aliphatic carbocycles. The van der Waals surface area contributed by atoms with E-state index in [0.717, 1.165) is 11.5 Å². The number of aromatic amines is 1. The van der Waals surface area contributed by atoms with Crippen LogP contribution in [-0.2, 0) is 0 Å². The molecule has 84 valence electrons. The van der Waals surface area contributed by atoms with Crippen LogP contribution in [0, 0.1) is 0 Å². The van der Waals surface area contributed by atoms with Gasteiger partial charge < -0.3 is 10.3 Å². The number of nitrogens with zero attached hydrogens (tertiary/aromatic N) is 1. The molecule has 0 atom stereocenters. The molecule has 3 nitrogen and oxygen atoms in total. The average Bonchev–Trinajstić information content (AvgIpc) is 2.77. The van der Waals surface area contributed by atoms with Crippen LogP contribution in [0.15, 0.2) is 24.4 Å². The molecule has 2 aromatic heterocycles. The maximum absolute atomic E-state index is 4.56. The Labute approximate surface area is 95.3 Å². The molecule has 1 fully saturated rings. The number of hydrogen-bond donors (Lipinski definition) is 2. The summed E-state index contributed by atoms with van der Waals surface area (Å²) in [6, 6.07) is 6.86. The molecule has 16 heavy (non-hydrogen) atoms. The molecule has 0 spiro atoms. The van der Waals surface area contributed by atoms with Crippen molar-refractivity contribution < 1.29 is 0 Å². The van der Waals surface area contributed by atoms with E-state index in [2.05, 4.69) is 27.4 Å². The van der Waals surface area contributed by atoms with Crippen LogP contribution in [0.3, 0.4) is 0 Å². The van der Waals surface area contributed by atoms with Gasteiger partial charge in [-0.3, -0.25) is 0 Å². The van der Waals surface area contributed by atoms with Gasteiger partial charge in [0.1, 0.15) is 11.5 Å². The molecule has 3 rings (SSSR count). The van der Waals surface area contributed by atoms with Crippen LogP contribution in [0.25, 0.3) is 11.0 Å². The molecular formula is C13H17N3. The maximum atomic E-state index is 4.56. The highest BCUT2D eigenvalue weighted by Gasteiger charge is 2.13. The summed E-state index contributed by atoms with van der Waals surface area (Å²) in [7, 11) is 0. The van der Waals surface area contributed by atoms with E-state index in [1.54, 1.807) is 0 Å². The third-order valence-corrected chi connectivity index (χ3v) is 3.37. The third-order valence-electron chi connectivity index (χ3n) is 3.37. The average molecular weight is 215 g/mol. The third kappa shape index (κ3) is 1.90. The van der Waals surface area contributed by atoms with Crippen LogP contribution < -0.4 is 5.32 Å². The predicted octanol–water partition coefficient (Wildman–Crippen LogP) is 3.31. The molecule has 3 heteroatoms. The van der Waals surface area contributed by atoms with Crippen LogP contribution in [0.1, 0.15) is 32.1 Å². The van der Waals surface area contributed by atoms with Gasteiger partial charge in [0.2, 0.25) is 0 Å². The van der Waals surface area contributed by atoms with Crippen molar-refractivity contribution in [1.29, 1.82) is 0 Å². The summed E-state index contributed by atoms with van der Waals surface area (Å²) >= 11 is 0. The molecule has 0 aromatic carbocycles. The Morgan fingerprint density at radius 2 is 2.00 bits per heavy atom. The summed E-state index contributed by atoms with van der Waals surface area (Å²) in [6.45, 7) is 0. The minimum atomic E-state index is 0.619. The number of fused-ring (bicyclic) bond motifs is 1. The fraction of sp³-hybridized carbons (Fsp3) is 0.462. The Kier molecular flexibility index (Phi) is 2.52. The Balaban J connectivity index is 1.77. The first kappa shape index (κ1) is 9.70. The molecule has 1 saturated carbocycles. The summed E-state index contributed by atoms with van der Waals surface area (Å²) in [5.74, 6) is 1.00. The lowest BCUT2D eigenvalue weighted by molar-refractivity contribution is 0.462. The quantitative estimate of drug-likeness (QED) is 0.807. The van der Waals surface area contributed by atoms with Crippen molar-refractivity contribution >= 4 is 16.9 Å². The first-order chi connectivity index (χ1) is 7.92. The molecule has 0 unspecified atom stereocenters. The van der Waals surface area contributed by atoms with Gasteiger partial charge in [-0.05, 0) is 31.0 Å². The van der Waals surface area contributed by atoms with Crippen LogP contribution in [-0.4, -0.2) is 16.0 Å². The zero-order valence-corrected chi connectivity index (χ0v) is 9.37. The molecule has 2 aromatic rings. The van der Waals surface area contributed by atoms with Crippen molar-refractivity contribution in [3.63, 3.8) is 0 Å². The van der Waals surface area contributed by atoms with E-state index in [0.29, 0.717) is 6.04 Å². The van der Waals surface area contributed by atoms with E-state index in [-0.39, 0.29) is 0 Å². The van der Waals surface area contributed by atoms with Gasteiger partial charge >= 0.3 is 0 Å². The minimum Gasteiger partial charge on any atom is -0.367 e. The second kappa shape index (κ2) is 4.16. The van der Waals surface area contributed by atoms with Crippen LogP contribution in [0.4, 0.5) is 5.82 Å². The van der Waals surface area contributed by atoms with Crippen molar-refractivity contribution in [1.82, 2.24) is 9.97 Å². The topological polar surface area (TPSA) is 40.7 Å². The fourth-order valence-corrected chi connectivity index (χ4v) is 2.47. The zero-order valence-electron chi connectivity index (χ0n) is 9.37. The largest absolute Gasteiger partial charge is 0.367 e. The summed E-state index contributed by atoms with van der Waals surface area (Å²) in [5, 5.41) is 4.71. The van der Waals surface area contributed by atoms with Crippen molar-refractivity contribution in [2.45, 2.75) is 38.1 Å². The second-order valence-electron chi connectivity index (χ2n) is 4.59. The maximum Gasteiger partial charge on any atom is 0.139 e. The normalized spacial score (nSPS) is 17.8. The summed E-state index contributed by atoms with van der Waals surface area (Å²) in [5.41, 5.74) is 0.973. The molecule has 0 amide bonds. The Morgan fingerprint density at radius 3 is 2.88 bits per heavy atom.